The van der Waals surface area contributed by atoms with E-state index < -0.39 is 0 Å². The van der Waals surface area contributed by atoms with Gasteiger partial charge < -0.3 is 20.3 Å². The van der Waals surface area contributed by atoms with Crippen molar-refractivity contribution in [2.45, 2.75) is 52.2 Å². The quantitative estimate of drug-likeness (QED) is 0.579. The highest BCUT2D eigenvalue weighted by atomic mass is 16.5. The lowest BCUT2D eigenvalue weighted by atomic mass is 9.88. The summed E-state index contributed by atoms with van der Waals surface area (Å²) in [6.07, 6.45) is 3.11. The standard InChI is InChI=1S/C22H36N4O2/c1-22(2,3)19(28-6)14-23-21(24-15-20(27)26(4)5)25-18-12-11-16-9-7-8-10-17(16)13-18/h7-10,18-19H,11-15H2,1-6H3,(H2,23,24,25). The average Bonchev–Trinajstić information content (AvgIpc) is 2.64. The number of nitrogens with zero attached hydrogens (tertiary/aromatic N) is 2. The first-order chi connectivity index (χ1) is 13.2. The van der Waals surface area contributed by atoms with Crippen molar-refractivity contribution in [3.63, 3.8) is 0 Å². The molecule has 1 aliphatic rings. The highest BCUT2D eigenvalue weighted by Gasteiger charge is 2.25. The van der Waals surface area contributed by atoms with Gasteiger partial charge in [0.25, 0.3) is 0 Å². The van der Waals surface area contributed by atoms with Gasteiger partial charge in [0.05, 0.1) is 6.10 Å². The number of amides is 1. The number of hydrogen-bond donors (Lipinski definition) is 2. The third-order valence-corrected chi connectivity index (χ3v) is 5.26. The lowest BCUT2D eigenvalue weighted by Gasteiger charge is -2.31. The van der Waals surface area contributed by atoms with Gasteiger partial charge in [-0.3, -0.25) is 4.79 Å². The number of aryl methyl sites for hydroxylation is 1. The number of nitrogens with one attached hydrogen (secondary N) is 2. The van der Waals surface area contributed by atoms with Gasteiger partial charge in [-0.2, -0.15) is 0 Å². The van der Waals surface area contributed by atoms with Crippen LogP contribution in [-0.4, -0.2) is 63.2 Å². The minimum atomic E-state index is -0.0193. The van der Waals surface area contributed by atoms with Crippen molar-refractivity contribution in [3.8, 4) is 0 Å². The normalized spacial score (nSPS) is 18.2. The van der Waals surface area contributed by atoms with Gasteiger partial charge in [0, 0.05) is 33.8 Å². The van der Waals surface area contributed by atoms with E-state index in [0.29, 0.717) is 18.5 Å². The molecule has 28 heavy (non-hydrogen) atoms. The Balaban J connectivity index is 2.05. The van der Waals surface area contributed by atoms with Gasteiger partial charge in [-0.05, 0) is 35.8 Å². The van der Waals surface area contributed by atoms with Gasteiger partial charge in [-0.15, -0.1) is 0 Å². The van der Waals surface area contributed by atoms with Gasteiger partial charge in [0.15, 0.2) is 5.96 Å². The highest BCUT2D eigenvalue weighted by Crippen LogP contribution is 2.22. The Morgan fingerprint density at radius 1 is 1.29 bits per heavy atom. The number of guanidine groups is 1. The monoisotopic (exact) mass is 388 g/mol. The summed E-state index contributed by atoms with van der Waals surface area (Å²) in [5.74, 6) is 0.653. The van der Waals surface area contributed by atoms with Crippen LogP contribution in [0.4, 0.5) is 0 Å². The summed E-state index contributed by atoms with van der Waals surface area (Å²) < 4.78 is 5.64. The Kier molecular flexibility index (Phi) is 7.87. The number of likely N-dealkylation sites (N-methyl/N-ethyl adjacent to an activating group) is 1. The fourth-order valence-corrected chi connectivity index (χ4v) is 3.39. The van der Waals surface area contributed by atoms with Gasteiger partial charge in [0.1, 0.15) is 6.54 Å². The molecular formula is C22H36N4O2. The molecule has 2 rings (SSSR count). The van der Waals surface area contributed by atoms with Crippen molar-refractivity contribution < 1.29 is 9.53 Å². The number of methoxy groups -OCH3 is 1. The number of hydrogen-bond acceptors (Lipinski definition) is 3. The van der Waals surface area contributed by atoms with E-state index in [1.807, 2.05) is 0 Å². The fraction of sp³-hybridized carbons (Fsp3) is 0.636. The maximum absolute atomic E-state index is 12.0. The van der Waals surface area contributed by atoms with E-state index in [-0.39, 0.29) is 24.0 Å². The van der Waals surface area contributed by atoms with E-state index in [1.54, 1.807) is 26.1 Å². The highest BCUT2D eigenvalue weighted by molar-refractivity contribution is 5.85. The second-order valence-corrected chi connectivity index (χ2v) is 8.78. The Hall–Kier alpha value is -2.08. The molecule has 6 heteroatoms. The van der Waals surface area contributed by atoms with Crippen LogP contribution in [0.3, 0.4) is 0 Å². The van der Waals surface area contributed by atoms with Crippen LogP contribution in [0.15, 0.2) is 29.3 Å². The van der Waals surface area contributed by atoms with Gasteiger partial charge in [0.2, 0.25) is 5.91 Å². The van der Waals surface area contributed by atoms with Crippen LogP contribution in [0.5, 0.6) is 0 Å². The van der Waals surface area contributed by atoms with E-state index in [0.717, 1.165) is 19.3 Å². The molecule has 0 bridgehead atoms. The van der Waals surface area contributed by atoms with Crippen LogP contribution in [0, 0.1) is 5.41 Å². The van der Waals surface area contributed by atoms with Gasteiger partial charge >= 0.3 is 0 Å². The minimum Gasteiger partial charge on any atom is -0.379 e. The average molecular weight is 389 g/mol. The molecule has 0 saturated carbocycles. The lowest BCUT2D eigenvalue weighted by Crippen LogP contribution is -2.49. The van der Waals surface area contributed by atoms with Gasteiger partial charge in [-0.1, -0.05) is 45.0 Å². The zero-order chi connectivity index (χ0) is 20.7. The molecule has 2 N–H and O–H groups in total. The molecule has 1 aromatic rings. The molecule has 156 valence electrons. The number of aliphatic imine (C=N–C) groups is 1. The number of rotatable bonds is 6. The molecule has 1 amide bonds. The van der Waals surface area contributed by atoms with Gasteiger partial charge in [-0.25, -0.2) is 4.99 Å². The van der Waals surface area contributed by atoms with Crippen LogP contribution in [0.1, 0.15) is 38.3 Å². The van der Waals surface area contributed by atoms with Crippen LogP contribution in [0.2, 0.25) is 0 Å². The van der Waals surface area contributed by atoms with E-state index in [9.17, 15) is 4.79 Å². The van der Waals surface area contributed by atoms with Crippen molar-refractivity contribution in [3.05, 3.63) is 35.4 Å². The van der Waals surface area contributed by atoms with E-state index >= 15 is 0 Å². The minimum absolute atomic E-state index is 0.0100. The topological polar surface area (TPSA) is 66.0 Å². The number of benzene rings is 1. The van der Waals surface area contributed by atoms with E-state index in [4.69, 9.17) is 4.74 Å². The van der Waals surface area contributed by atoms with Crippen LogP contribution >= 0.6 is 0 Å². The summed E-state index contributed by atoms with van der Waals surface area (Å²) >= 11 is 0. The maximum atomic E-state index is 12.0. The first-order valence-electron chi connectivity index (χ1n) is 10.0. The smallest absolute Gasteiger partial charge is 0.243 e. The fourth-order valence-electron chi connectivity index (χ4n) is 3.39. The van der Waals surface area contributed by atoms with Crippen molar-refractivity contribution >= 4 is 11.9 Å². The molecule has 2 unspecified atom stereocenters. The Labute approximate surface area is 169 Å². The number of carbonyl (C=O) groups is 1. The van der Waals surface area contributed by atoms with E-state index in [1.165, 1.54) is 11.1 Å². The zero-order valence-electron chi connectivity index (χ0n) is 18.2. The lowest BCUT2D eigenvalue weighted by molar-refractivity contribution is -0.127. The predicted molar refractivity (Wildman–Crippen MR) is 115 cm³/mol. The molecule has 2 atom stereocenters. The van der Waals surface area contributed by atoms with Crippen molar-refractivity contribution in [2.24, 2.45) is 10.4 Å². The molecule has 0 aromatic heterocycles. The largest absolute Gasteiger partial charge is 0.379 e. The molecule has 0 aliphatic heterocycles. The molecule has 6 nitrogen and oxygen atoms in total. The maximum Gasteiger partial charge on any atom is 0.243 e. The summed E-state index contributed by atoms with van der Waals surface area (Å²) in [6, 6.07) is 8.90. The first-order valence-corrected chi connectivity index (χ1v) is 10.0. The Bertz CT molecular complexity index is 679. The number of carbonyl (C=O) groups excluding carboxylic acids is 1. The zero-order valence-corrected chi connectivity index (χ0v) is 18.2. The SMILES string of the molecule is COC(CNC(=NCC(=O)N(C)C)NC1CCc2ccccc2C1)C(C)(C)C. The molecule has 1 aromatic carbocycles. The van der Waals surface area contributed by atoms with Crippen molar-refractivity contribution in [1.82, 2.24) is 15.5 Å². The second kappa shape index (κ2) is 9.92. The molecule has 0 saturated heterocycles. The molecular weight excluding hydrogens is 352 g/mol. The second-order valence-electron chi connectivity index (χ2n) is 8.78. The summed E-state index contributed by atoms with van der Waals surface area (Å²) in [5, 5.41) is 6.92. The van der Waals surface area contributed by atoms with E-state index in [2.05, 4.69) is 60.7 Å². The molecule has 0 spiro atoms. The Morgan fingerprint density at radius 2 is 1.96 bits per heavy atom. The summed E-state index contributed by atoms with van der Waals surface area (Å²) in [6.45, 7) is 7.21. The van der Waals surface area contributed by atoms with Crippen LogP contribution in [-0.2, 0) is 22.4 Å². The summed E-state index contributed by atoms with van der Waals surface area (Å²) in [4.78, 5) is 18.1. The number of fused-ring (bicyclic) bond motifs is 1. The predicted octanol–water partition coefficient (Wildman–Crippen LogP) is 2.23. The Morgan fingerprint density at radius 3 is 2.57 bits per heavy atom. The first kappa shape index (κ1) is 22.2. The molecule has 0 heterocycles. The number of ether oxygens (including phenoxy) is 1. The van der Waals surface area contributed by atoms with Crippen LogP contribution in [0.25, 0.3) is 0 Å². The molecule has 1 aliphatic carbocycles. The third kappa shape index (κ3) is 6.51. The van der Waals surface area contributed by atoms with Crippen molar-refractivity contribution in [2.75, 3.05) is 34.3 Å². The molecule has 0 radical (unpaired) electrons. The summed E-state index contributed by atoms with van der Waals surface area (Å²) in [7, 11) is 5.23. The molecule has 0 fully saturated rings. The van der Waals surface area contributed by atoms with Crippen LogP contribution < -0.4 is 10.6 Å². The van der Waals surface area contributed by atoms with Crippen molar-refractivity contribution in [1.29, 1.82) is 0 Å². The third-order valence-electron chi connectivity index (χ3n) is 5.26. The summed E-state index contributed by atoms with van der Waals surface area (Å²) in [5.41, 5.74) is 2.83.